The van der Waals surface area contributed by atoms with Crippen LogP contribution in [0.5, 0.6) is 5.75 Å². The van der Waals surface area contributed by atoms with Gasteiger partial charge in [0.15, 0.2) is 11.4 Å². The Bertz CT molecular complexity index is 1190. The average molecular weight is 484 g/mol. The zero-order valence-corrected chi connectivity index (χ0v) is 17.6. The first kappa shape index (κ1) is 20.7. The third-order valence-corrected chi connectivity index (χ3v) is 4.93. The van der Waals surface area contributed by atoms with Crippen molar-refractivity contribution >= 4 is 27.5 Å². The second-order valence-electron chi connectivity index (χ2n) is 6.64. The zero-order valence-electron chi connectivity index (χ0n) is 16.1. The quantitative estimate of drug-likeness (QED) is 0.380. The number of anilines is 1. The minimum absolute atomic E-state index is 0.0642. The van der Waals surface area contributed by atoms with Crippen LogP contribution in [-0.2, 0) is 6.61 Å². The summed E-state index contributed by atoms with van der Waals surface area (Å²) in [5.41, 5.74) is 1.95. The van der Waals surface area contributed by atoms with Crippen LogP contribution in [0.3, 0.4) is 0 Å². The van der Waals surface area contributed by atoms with E-state index in [9.17, 15) is 13.6 Å². The summed E-state index contributed by atoms with van der Waals surface area (Å²) in [4.78, 5) is 12.9. The van der Waals surface area contributed by atoms with Crippen LogP contribution < -0.4 is 10.1 Å². The molecule has 3 aromatic carbocycles. The van der Waals surface area contributed by atoms with Gasteiger partial charge >= 0.3 is 0 Å². The van der Waals surface area contributed by atoms with Gasteiger partial charge in [-0.25, -0.2) is 13.5 Å². The van der Waals surface area contributed by atoms with E-state index in [4.69, 9.17) is 4.74 Å². The number of benzene rings is 3. The molecule has 4 aromatic rings. The highest BCUT2D eigenvalue weighted by Gasteiger charge is 2.19. The molecule has 0 unspecified atom stereocenters. The summed E-state index contributed by atoms with van der Waals surface area (Å²) < 4.78 is 34.6. The molecule has 0 aliphatic heterocycles. The van der Waals surface area contributed by atoms with E-state index < -0.39 is 5.91 Å². The smallest absolute Gasteiger partial charge is 0.280 e. The average Bonchev–Trinajstić information content (AvgIpc) is 3.20. The number of hydrogen-bond donors (Lipinski definition) is 1. The maximum atomic E-state index is 13.3. The maximum absolute atomic E-state index is 13.3. The van der Waals surface area contributed by atoms with Crippen molar-refractivity contribution in [1.29, 1.82) is 0 Å². The summed E-state index contributed by atoms with van der Waals surface area (Å²) in [5.74, 6) is -0.945. The van der Waals surface area contributed by atoms with Crippen molar-refractivity contribution in [2.45, 2.75) is 6.61 Å². The maximum Gasteiger partial charge on any atom is 0.280 e. The number of amides is 1. The first-order valence-corrected chi connectivity index (χ1v) is 10.1. The molecule has 1 N–H and O–H groups in total. The Hall–Kier alpha value is -3.52. The van der Waals surface area contributed by atoms with Crippen LogP contribution in [-0.4, -0.2) is 15.7 Å². The van der Waals surface area contributed by atoms with Crippen LogP contribution >= 0.6 is 15.9 Å². The van der Waals surface area contributed by atoms with Crippen LogP contribution in [0.4, 0.5) is 14.5 Å². The van der Waals surface area contributed by atoms with Gasteiger partial charge in [-0.1, -0.05) is 28.1 Å². The molecule has 5 nitrogen and oxygen atoms in total. The lowest BCUT2D eigenvalue weighted by Crippen LogP contribution is -2.14. The fraction of sp³-hybridized carbons (Fsp3) is 0.0435. The Morgan fingerprint density at radius 2 is 1.55 bits per heavy atom. The molecule has 8 heteroatoms. The van der Waals surface area contributed by atoms with Gasteiger partial charge in [0, 0.05) is 10.2 Å². The summed E-state index contributed by atoms with van der Waals surface area (Å²) in [7, 11) is 0. The van der Waals surface area contributed by atoms with Gasteiger partial charge in [0.05, 0.1) is 11.9 Å². The highest BCUT2D eigenvalue weighted by molar-refractivity contribution is 9.10. The Kier molecular flexibility index (Phi) is 6.08. The molecule has 31 heavy (non-hydrogen) atoms. The highest BCUT2D eigenvalue weighted by atomic mass is 79.9. The Morgan fingerprint density at radius 3 is 2.19 bits per heavy atom. The molecule has 0 fully saturated rings. The fourth-order valence-electron chi connectivity index (χ4n) is 2.81. The minimum Gasteiger partial charge on any atom is -0.485 e. The predicted octanol–water partition coefficient (Wildman–Crippen LogP) is 5.74. The van der Waals surface area contributed by atoms with Gasteiger partial charge in [0.2, 0.25) is 0 Å². The van der Waals surface area contributed by atoms with Crippen molar-refractivity contribution in [3.63, 3.8) is 0 Å². The summed E-state index contributed by atoms with van der Waals surface area (Å²) >= 11 is 3.35. The van der Waals surface area contributed by atoms with Crippen molar-refractivity contribution in [3.8, 4) is 11.4 Å². The second kappa shape index (κ2) is 9.09. The van der Waals surface area contributed by atoms with E-state index in [1.54, 1.807) is 54.7 Å². The molecule has 0 aliphatic carbocycles. The Labute approximate surface area is 185 Å². The monoisotopic (exact) mass is 483 g/mol. The molecule has 0 bridgehead atoms. The molecule has 4 rings (SSSR count). The highest BCUT2D eigenvalue weighted by Crippen LogP contribution is 2.23. The molecule has 0 spiro atoms. The number of hydrogen-bond acceptors (Lipinski definition) is 3. The molecule has 0 atom stereocenters. The number of carbonyl (C=O) groups excluding carboxylic acids is 1. The van der Waals surface area contributed by atoms with E-state index in [0.717, 1.165) is 10.0 Å². The number of rotatable bonds is 6. The van der Waals surface area contributed by atoms with Crippen molar-refractivity contribution < 1.29 is 18.3 Å². The van der Waals surface area contributed by atoms with Crippen LogP contribution in [0, 0.1) is 11.6 Å². The number of halogens is 3. The lowest BCUT2D eigenvalue weighted by atomic mass is 10.2. The first-order valence-electron chi connectivity index (χ1n) is 9.28. The predicted molar refractivity (Wildman–Crippen MR) is 116 cm³/mol. The first-order chi connectivity index (χ1) is 15.0. The van der Waals surface area contributed by atoms with E-state index in [2.05, 4.69) is 26.3 Å². The third kappa shape index (κ3) is 5.16. The Balaban J connectivity index is 1.61. The fourth-order valence-corrected chi connectivity index (χ4v) is 3.08. The van der Waals surface area contributed by atoms with Gasteiger partial charge in [-0.15, -0.1) is 0 Å². The second-order valence-corrected chi connectivity index (χ2v) is 7.55. The lowest BCUT2D eigenvalue weighted by Gasteiger charge is -2.07. The Morgan fingerprint density at radius 1 is 0.935 bits per heavy atom. The largest absolute Gasteiger partial charge is 0.485 e. The van der Waals surface area contributed by atoms with Crippen molar-refractivity contribution in [2.24, 2.45) is 0 Å². The number of nitrogens with zero attached hydrogens (tertiary/aromatic N) is 2. The van der Waals surface area contributed by atoms with E-state index in [1.165, 1.54) is 28.9 Å². The molecule has 1 amide bonds. The van der Waals surface area contributed by atoms with Crippen molar-refractivity contribution in [3.05, 3.63) is 106 Å². The van der Waals surface area contributed by atoms with Gasteiger partial charge < -0.3 is 10.1 Å². The van der Waals surface area contributed by atoms with Crippen molar-refractivity contribution in [2.75, 3.05) is 5.32 Å². The van der Waals surface area contributed by atoms with Gasteiger partial charge in [0.25, 0.3) is 5.91 Å². The number of aromatic nitrogens is 2. The topological polar surface area (TPSA) is 56.2 Å². The van der Waals surface area contributed by atoms with Gasteiger partial charge in [0.1, 0.15) is 18.2 Å². The standard InChI is InChI=1S/C23H16BrF2N3O2/c24-16-3-9-19(10-4-16)27-23(30)22-21(31-14-15-1-5-17(25)6-2-15)13-29(28-22)20-11-7-18(26)8-12-20/h1-13H,14H2,(H,27,30). The van der Waals surface area contributed by atoms with Crippen LogP contribution in [0.1, 0.15) is 16.1 Å². The molecule has 0 aliphatic rings. The number of carbonyl (C=O) groups is 1. The SMILES string of the molecule is O=C(Nc1ccc(Br)cc1)c1nn(-c2ccc(F)cc2)cc1OCc1ccc(F)cc1. The number of ether oxygens (including phenoxy) is 1. The van der Waals surface area contributed by atoms with Gasteiger partial charge in [-0.2, -0.15) is 5.10 Å². The van der Waals surface area contributed by atoms with Crippen LogP contribution in [0.15, 0.2) is 83.5 Å². The molecule has 0 saturated carbocycles. The van der Waals surface area contributed by atoms with E-state index in [-0.39, 0.29) is 29.7 Å². The van der Waals surface area contributed by atoms with Crippen LogP contribution in [0.2, 0.25) is 0 Å². The molecule has 0 radical (unpaired) electrons. The molecule has 0 saturated heterocycles. The molecular weight excluding hydrogens is 468 g/mol. The van der Waals surface area contributed by atoms with E-state index in [1.807, 2.05) is 0 Å². The molecule has 1 aromatic heterocycles. The molecule has 156 valence electrons. The summed E-state index contributed by atoms with van der Waals surface area (Å²) in [6.07, 6.45) is 1.55. The van der Waals surface area contributed by atoms with E-state index in [0.29, 0.717) is 11.4 Å². The summed E-state index contributed by atoms with van der Waals surface area (Å²) in [6.45, 7) is 0.119. The zero-order chi connectivity index (χ0) is 21.8. The summed E-state index contributed by atoms with van der Waals surface area (Å²) in [6, 6.07) is 18.7. The summed E-state index contributed by atoms with van der Waals surface area (Å²) in [5, 5.41) is 7.12. The van der Waals surface area contributed by atoms with Gasteiger partial charge in [-0.05, 0) is 66.2 Å². The minimum atomic E-state index is -0.461. The number of nitrogens with one attached hydrogen (secondary N) is 1. The molecular formula is C23H16BrF2N3O2. The van der Waals surface area contributed by atoms with Crippen molar-refractivity contribution in [1.82, 2.24) is 9.78 Å². The van der Waals surface area contributed by atoms with Gasteiger partial charge in [-0.3, -0.25) is 4.79 Å². The third-order valence-electron chi connectivity index (χ3n) is 4.40. The normalized spacial score (nSPS) is 10.7. The van der Waals surface area contributed by atoms with E-state index >= 15 is 0 Å². The lowest BCUT2D eigenvalue weighted by molar-refractivity contribution is 0.101. The van der Waals surface area contributed by atoms with Crippen LogP contribution in [0.25, 0.3) is 5.69 Å². The molecule has 1 heterocycles.